The summed E-state index contributed by atoms with van der Waals surface area (Å²) in [6.45, 7) is 6.70. The van der Waals surface area contributed by atoms with E-state index in [1.165, 1.54) is 19.3 Å². The molecule has 3 rings (SSSR count). The van der Waals surface area contributed by atoms with Crippen LogP contribution in [0.25, 0.3) is 0 Å². The summed E-state index contributed by atoms with van der Waals surface area (Å²) in [5, 5.41) is 6.80. The highest BCUT2D eigenvalue weighted by Gasteiger charge is 2.19. The van der Waals surface area contributed by atoms with Gasteiger partial charge in [-0.25, -0.2) is 0 Å². The Balaban J connectivity index is 1.74. The van der Waals surface area contributed by atoms with Crippen LogP contribution in [0.4, 0.5) is 5.69 Å². The van der Waals surface area contributed by atoms with Gasteiger partial charge in [-0.1, -0.05) is 18.0 Å². The third kappa shape index (κ3) is 4.53. The van der Waals surface area contributed by atoms with E-state index in [0.717, 1.165) is 29.1 Å². The molecule has 1 saturated carbocycles. The molecule has 1 aliphatic carbocycles. The second kappa shape index (κ2) is 8.17. The minimum atomic E-state index is -0.235. The number of rotatable bonds is 6. The van der Waals surface area contributed by atoms with Gasteiger partial charge in [0.1, 0.15) is 0 Å². The van der Waals surface area contributed by atoms with Crippen molar-refractivity contribution in [3.8, 4) is 0 Å². The lowest BCUT2D eigenvalue weighted by Crippen LogP contribution is -2.28. The molecule has 3 N–H and O–H groups in total. The fourth-order valence-electron chi connectivity index (χ4n) is 3.41. The highest BCUT2D eigenvalue weighted by atomic mass is 35.5. The lowest BCUT2D eigenvalue weighted by molar-refractivity contribution is 0.0950. The normalized spacial score (nSPS) is 13.9. The second-order valence-electron chi connectivity index (χ2n) is 7.43. The van der Waals surface area contributed by atoms with Gasteiger partial charge in [0.25, 0.3) is 11.5 Å². The number of hydrogen-bond donors (Lipinski definition) is 3. The number of amides is 1. The van der Waals surface area contributed by atoms with Crippen LogP contribution in [0.15, 0.2) is 23.0 Å². The van der Waals surface area contributed by atoms with Crippen LogP contribution < -0.4 is 16.2 Å². The quantitative estimate of drug-likeness (QED) is 0.698. The van der Waals surface area contributed by atoms with Gasteiger partial charge in [0.05, 0.1) is 0 Å². The van der Waals surface area contributed by atoms with E-state index in [1.54, 1.807) is 6.07 Å². The van der Waals surface area contributed by atoms with Gasteiger partial charge in [0.2, 0.25) is 0 Å². The van der Waals surface area contributed by atoms with E-state index in [2.05, 4.69) is 15.6 Å². The molecule has 0 atom stereocenters. The van der Waals surface area contributed by atoms with Crippen LogP contribution in [-0.4, -0.2) is 17.4 Å². The van der Waals surface area contributed by atoms with Gasteiger partial charge >= 0.3 is 0 Å². The highest BCUT2D eigenvalue weighted by molar-refractivity contribution is 6.31. The number of aromatic nitrogens is 1. The van der Waals surface area contributed by atoms with Crippen molar-refractivity contribution in [1.82, 2.24) is 10.3 Å². The van der Waals surface area contributed by atoms with Crippen LogP contribution in [-0.2, 0) is 6.54 Å². The van der Waals surface area contributed by atoms with Crippen molar-refractivity contribution in [2.75, 3.05) is 11.9 Å². The fraction of sp³-hybridized carbons (Fsp3) is 0.429. The monoisotopic (exact) mass is 387 g/mol. The molecule has 0 bridgehead atoms. The molecule has 2 aromatic rings. The topological polar surface area (TPSA) is 74.0 Å². The SMILES string of the molecule is Cc1cc(C)c(CNC(=O)c2cc(Cl)cc(NCC3CCC3)c2C)c(=O)[nH]1. The number of aryl methyl sites for hydroxylation is 2. The summed E-state index contributed by atoms with van der Waals surface area (Å²) < 4.78 is 0. The van der Waals surface area contributed by atoms with E-state index in [1.807, 2.05) is 32.9 Å². The Morgan fingerprint density at radius 3 is 2.59 bits per heavy atom. The summed E-state index contributed by atoms with van der Waals surface area (Å²) in [6.07, 6.45) is 3.81. The minimum absolute atomic E-state index is 0.168. The van der Waals surface area contributed by atoms with Crippen molar-refractivity contribution in [1.29, 1.82) is 0 Å². The zero-order valence-electron chi connectivity index (χ0n) is 16.0. The van der Waals surface area contributed by atoms with Gasteiger partial charge in [-0.05, 0) is 68.9 Å². The lowest BCUT2D eigenvalue weighted by Gasteiger charge is -2.26. The van der Waals surface area contributed by atoms with E-state index >= 15 is 0 Å². The number of hydrogen-bond acceptors (Lipinski definition) is 3. The van der Waals surface area contributed by atoms with Crippen molar-refractivity contribution in [3.63, 3.8) is 0 Å². The molecule has 0 saturated heterocycles. The Kier molecular flexibility index (Phi) is 5.90. The Labute approximate surface area is 164 Å². The molecular formula is C21H26ClN3O2. The van der Waals surface area contributed by atoms with E-state index in [9.17, 15) is 9.59 Å². The number of pyridine rings is 1. The maximum Gasteiger partial charge on any atom is 0.253 e. The molecule has 0 spiro atoms. The third-order valence-electron chi connectivity index (χ3n) is 5.34. The Hall–Kier alpha value is -2.27. The van der Waals surface area contributed by atoms with Crippen LogP contribution in [0.1, 0.15) is 52.0 Å². The first-order chi connectivity index (χ1) is 12.8. The van der Waals surface area contributed by atoms with E-state index in [0.29, 0.717) is 22.1 Å². The smallest absolute Gasteiger partial charge is 0.253 e. The summed E-state index contributed by atoms with van der Waals surface area (Å²) >= 11 is 6.24. The molecule has 1 heterocycles. The minimum Gasteiger partial charge on any atom is -0.384 e. The molecule has 0 aliphatic heterocycles. The zero-order valence-corrected chi connectivity index (χ0v) is 16.8. The predicted octanol–water partition coefficient (Wildman–Crippen LogP) is 4.10. The summed E-state index contributed by atoms with van der Waals surface area (Å²) in [7, 11) is 0. The predicted molar refractivity (Wildman–Crippen MR) is 110 cm³/mol. The number of halogens is 1. The van der Waals surface area contributed by atoms with Crippen LogP contribution in [0.3, 0.4) is 0 Å². The van der Waals surface area contributed by atoms with Crippen molar-refractivity contribution in [2.24, 2.45) is 5.92 Å². The Morgan fingerprint density at radius 2 is 1.96 bits per heavy atom. The first-order valence-corrected chi connectivity index (χ1v) is 9.74. The van der Waals surface area contributed by atoms with Crippen LogP contribution in [0.2, 0.25) is 5.02 Å². The number of nitrogens with one attached hydrogen (secondary N) is 3. The van der Waals surface area contributed by atoms with E-state index < -0.39 is 0 Å². The molecule has 0 unspecified atom stereocenters. The van der Waals surface area contributed by atoms with Gasteiger partial charge in [0.15, 0.2) is 0 Å². The number of aromatic amines is 1. The van der Waals surface area contributed by atoms with Crippen molar-refractivity contribution in [2.45, 2.75) is 46.6 Å². The molecular weight excluding hydrogens is 362 g/mol. The molecule has 5 nitrogen and oxygen atoms in total. The maximum atomic E-state index is 12.7. The molecule has 1 fully saturated rings. The molecule has 0 radical (unpaired) electrons. The molecule has 1 aromatic heterocycles. The lowest BCUT2D eigenvalue weighted by atomic mass is 9.85. The Bertz CT molecular complexity index is 916. The summed E-state index contributed by atoms with van der Waals surface area (Å²) in [4.78, 5) is 27.6. The van der Waals surface area contributed by atoms with Gasteiger partial charge < -0.3 is 15.6 Å². The number of carbonyl (C=O) groups is 1. The van der Waals surface area contributed by atoms with Crippen molar-refractivity contribution < 1.29 is 4.79 Å². The molecule has 1 aromatic carbocycles. The molecule has 1 aliphatic rings. The summed E-state index contributed by atoms with van der Waals surface area (Å²) in [5.41, 5.74) is 4.35. The summed E-state index contributed by atoms with van der Waals surface area (Å²) in [5.74, 6) is 0.470. The number of benzene rings is 1. The Morgan fingerprint density at radius 1 is 1.22 bits per heavy atom. The van der Waals surface area contributed by atoms with Gasteiger partial charge in [-0.15, -0.1) is 0 Å². The zero-order chi connectivity index (χ0) is 19.6. The van der Waals surface area contributed by atoms with Crippen LogP contribution >= 0.6 is 11.6 Å². The van der Waals surface area contributed by atoms with Crippen LogP contribution in [0.5, 0.6) is 0 Å². The van der Waals surface area contributed by atoms with Gasteiger partial charge in [-0.2, -0.15) is 0 Å². The van der Waals surface area contributed by atoms with E-state index in [4.69, 9.17) is 11.6 Å². The fourth-order valence-corrected chi connectivity index (χ4v) is 3.63. The standard InChI is InChI=1S/C21H26ClN3O2/c1-12-7-13(2)25-21(27)18(12)11-24-20(26)17-8-16(22)9-19(14(17)3)23-10-15-5-4-6-15/h7-9,15,23H,4-6,10-11H2,1-3H3,(H,24,26)(H,25,27). The number of H-pyrrole nitrogens is 1. The molecule has 144 valence electrons. The van der Waals surface area contributed by atoms with Crippen LogP contribution in [0, 0.1) is 26.7 Å². The van der Waals surface area contributed by atoms with E-state index in [-0.39, 0.29) is 18.0 Å². The maximum absolute atomic E-state index is 12.7. The van der Waals surface area contributed by atoms with Crippen molar-refractivity contribution in [3.05, 3.63) is 61.5 Å². The first-order valence-electron chi connectivity index (χ1n) is 9.36. The molecule has 6 heteroatoms. The summed E-state index contributed by atoms with van der Waals surface area (Å²) in [6, 6.07) is 5.43. The second-order valence-corrected chi connectivity index (χ2v) is 7.87. The average Bonchev–Trinajstić information content (AvgIpc) is 2.54. The third-order valence-corrected chi connectivity index (χ3v) is 5.56. The largest absolute Gasteiger partial charge is 0.384 e. The first kappa shape index (κ1) is 19.5. The van der Waals surface area contributed by atoms with Gasteiger partial charge in [0, 0.05) is 40.6 Å². The number of carbonyl (C=O) groups excluding carboxylic acids is 1. The van der Waals surface area contributed by atoms with Gasteiger partial charge in [-0.3, -0.25) is 9.59 Å². The molecule has 1 amide bonds. The molecule has 27 heavy (non-hydrogen) atoms. The average molecular weight is 388 g/mol. The van der Waals surface area contributed by atoms with Crippen molar-refractivity contribution >= 4 is 23.2 Å². The number of anilines is 1. The highest BCUT2D eigenvalue weighted by Crippen LogP contribution is 2.29.